The number of nitrogens with two attached hydrogens (primary N) is 1. The number of fused-ring (bicyclic) bond motifs is 1. The quantitative estimate of drug-likeness (QED) is 0.821. The molecule has 1 aromatic carbocycles. The van der Waals surface area contributed by atoms with E-state index in [2.05, 4.69) is 0 Å². The fourth-order valence-corrected chi connectivity index (χ4v) is 3.93. The van der Waals surface area contributed by atoms with Gasteiger partial charge in [0.05, 0.1) is 10.9 Å². The zero-order chi connectivity index (χ0) is 17.7. The smallest absolute Gasteiger partial charge is 0.238 e. The molecule has 3 rings (SSSR count). The molecule has 1 saturated heterocycles. The topological polar surface area (TPSA) is 110 Å². The second-order valence-electron chi connectivity index (χ2n) is 6.88. The average molecular weight is 354 g/mol. The number of piperidine rings is 1. The summed E-state index contributed by atoms with van der Waals surface area (Å²) in [6.07, 6.45) is 1.11. The number of sulfonamides is 1. The van der Waals surface area contributed by atoms with Crippen LogP contribution in [-0.4, -0.2) is 42.6 Å². The van der Waals surface area contributed by atoms with E-state index in [-0.39, 0.29) is 10.8 Å². The van der Waals surface area contributed by atoms with Crippen LogP contribution in [-0.2, 0) is 14.8 Å². The first-order chi connectivity index (χ1) is 11.1. The number of aliphatic hydroxyl groups excluding tert-OH is 1. The molecule has 0 radical (unpaired) electrons. The summed E-state index contributed by atoms with van der Waals surface area (Å²) in [4.78, 5) is 13.9. The number of ether oxygens (including phenoxy) is 1. The highest BCUT2D eigenvalue weighted by Crippen LogP contribution is 2.44. The number of amides is 1. The molecule has 2 atom stereocenters. The monoisotopic (exact) mass is 354 g/mol. The van der Waals surface area contributed by atoms with Crippen LogP contribution in [0.3, 0.4) is 0 Å². The summed E-state index contributed by atoms with van der Waals surface area (Å²) in [5.41, 5.74) is -0.429. The van der Waals surface area contributed by atoms with Crippen molar-refractivity contribution in [3.05, 3.63) is 23.8 Å². The summed E-state index contributed by atoms with van der Waals surface area (Å²) in [7, 11) is -3.89. The number of benzene rings is 1. The Labute approximate surface area is 141 Å². The number of aliphatic hydroxyl groups is 1. The van der Waals surface area contributed by atoms with E-state index >= 15 is 0 Å². The van der Waals surface area contributed by atoms with Crippen molar-refractivity contribution in [2.75, 3.05) is 6.54 Å². The molecule has 2 aliphatic rings. The number of nitrogens with zero attached hydrogens (tertiary/aromatic N) is 1. The number of carbonyl (C=O) groups excluding carboxylic acids is 1. The Balaban J connectivity index is 2.14. The normalized spacial score (nSPS) is 26.7. The van der Waals surface area contributed by atoms with Gasteiger partial charge in [0.15, 0.2) is 0 Å². The summed E-state index contributed by atoms with van der Waals surface area (Å²) < 4.78 is 29.2. The highest BCUT2D eigenvalue weighted by molar-refractivity contribution is 7.89. The van der Waals surface area contributed by atoms with E-state index < -0.39 is 27.8 Å². The van der Waals surface area contributed by atoms with E-state index in [9.17, 15) is 18.3 Å². The van der Waals surface area contributed by atoms with Crippen LogP contribution in [0.2, 0.25) is 0 Å². The van der Waals surface area contributed by atoms with Gasteiger partial charge >= 0.3 is 0 Å². The third-order valence-corrected chi connectivity index (χ3v) is 5.62. The standard InChI is InChI=1S/C16H22N2O5S/c1-16(2)15(20)14(18-8-4-3-5-13(18)19)11-9-10(24(17,21)22)6-7-12(11)23-16/h6-7,9,14-15,20H,3-5,8H2,1-2H3,(H2,17,21,22)/t14-,15+/m1/s1. The van der Waals surface area contributed by atoms with Gasteiger partial charge in [-0.1, -0.05) is 0 Å². The Morgan fingerprint density at radius 2 is 2.04 bits per heavy atom. The largest absolute Gasteiger partial charge is 0.485 e. The molecule has 1 amide bonds. The molecule has 0 spiro atoms. The van der Waals surface area contributed by atoms with Crippen molar-refractivity contribution in [3.8, 4) is 5.75 Å². The predicted octanol–water partition coefficient (Wildman–Crippen LogP) is 0.919. The molecule has 3 N–H and O–H groups in total. The molecule has 8 heteroatoms. The fraction of sp³-hybridized carbons (Fsp3) is 0.562. The molecular formula is C16H22N2O5S. The second-order valence-corrected chi connectivity index (χ2v) is 8.45. The Bertz CT molecular complexity index is 775. The van der Waals surface area contributed by atoms with Gasteiger partial charge in [0.2, 0.25) is 15.9 Å². The molecule has 1 fully saturated rings. The maximum absolute atomic E-state index is 12.4. The van der Waals surface area contributed by atoms with E-state index in [0.717, 1.165) is 12.8 Å². The SMILES string of the molecule is CC1(C)Oc2ccc(S(N)(=O)=O)cc2[C@@H](N2CCCCC2=O)[C@@H]1O. The van der Waals surface area contributed by atoms with Gasteiger partial charge in [-0.05, 0) is 44.9 Å². The van der Waals surface area contributed by atoms with E-state index in [0.29, 0.717) is 24.3 Å². The van der Waals surface area contributed by atoms with Gasteiger partial charge in [-0.2, -0.15) is 0 Å². The summed E-state index contributed by atoms with van der Waals surface area (Å²) in [6.45, 7) is 4.01. The van der Waals surface area contributed by atoms with Crippen LogP contribution in [0.1, 0.15) is 44.7 Å². The van der Waals surface area contributed by atoms with Crippen molar-refractivity contribution in [2.24, 2.45) is 5.14 Å². The second kappa shape index (κ2) is 5.72. The van der Waals surface area contributed by atoms with Crippen molar-refractivity contribution in [3.63, 3.8) is 0 Å². The third kappa shape index (κ3) is 2.89. The molecule has 0 aliphatic carbocycles. The Morgan fingerprint density at radius 3 is 2.67 bits per heavy atom. The van der Waals surface area contributed by atoms with Crippen LogP contribution in [0.4, 0.5) is 0 Å². The van der Waals surface area contributed by atoms with Gasteiger partial charge in [0, 0.05) is 18.5 Å². The Morgan fingerprint density at radius 1 is 1.33 bits per heavy atom. The first-order valence-electron chi connectivity index (χ1n) is 7.94. The zero-order valence-corrected chi connectivity index (χ0v) is 14.5. The van der Waals surface area contributed by atoms with Crippen LogP contribution in [0, 0.1) is 0 Å². The van der Waals surface area contributed by atoms with Crippen molar-refractivity contribution in [1.29, 1.82) is 0 Å². The molecule has 1 aromatic rings. The number of carbonyl (C=O) groups is 1. The van der Waals surface area contributed by atoms with Crippen LogP contribution < -0.4 is 9.88 Å². The number of likely N-dealkylation sites (tertiary alicyclic amines) is 1. The minimum Gasteiger partial charge on any atom is -0.485 e. The van der Waals surface area contributed by atoms with Gasteiger partial charge in [0.25, 0.3) is 0 Å². The minimum absolute atomic E-state index is 0.0463. The van der Waals surface area contributed by atoms with Crippen molar-refractivity contribution < 1.29 is 23.1 Å². The van der Waals surface area contributed by atoms with Gasteiger partial charge in [-0.3, -0.25) is 4.79 Å². The van der Waals surface area contributed by atoms with Crippen LogP contribution in [0.5, 0.6) is 5.75 Å². The van der Waals surface area contributed by atoms with Gasteiger partial charge in [-0.25, -0.2) is 13.6 Å². The maximum atomic E-state index is 12.4. The number of hydrogen-bond acceptors (Lipinski definition) is 5. The van der Waals surface area contributed by atoms with Crippen molar-refractivity contribution >= 4 is 15.9 Å². The van der Waals surface area contributed by atoms with Crippen LogP contribution in [0.25, 0.3) is 0 Å². The van der Waals surface area contributed by atoms with E-state index in [1.54, 1.807) is 18.7 Å². The lowest BCUT2D eigenvalue weighted by atomic mass is 9.84. The molecular weight excluding hydrogens is 332 g/mol. The first-order valence-corrected chi connectivity index (χ1v) is 9.49. The highest BCUT2D eigenvalue weighted by atomic mass is 32.2. The number of primary sulfonamides is 1. The molecule has 24 heavy (non-hydrogen) atoms. The molecule has 0 unspecified atom stereocenters. The summed E-state index contributed by atoms with van der Waals surface area (Å²) in [5, 5.41) is 16.0. The zero-order valence-electron chi connectivity index (χ0n) is 13.7. The molecule has 0 aromatic heterocycles. The lowest BCUT2D eigenvalue weighted by Crippen LogP contribution is -2.55. The number of hydrogen-bond donors (Lipinski definition) is 2. The summed E-state index contributed by atoms with van der Waals surface area (Å²) in [6, 6.07) is 3.65. The molecule has 132 valence electrons. The molecule has 0 saturated carbocycles. The molecule has 0 bridgehead atoms. The van der Waals surface area contributed by atoms with Crippen LogP contribution in [0.15, 0.2) is 23.1 Å². The minimum atomic E-state index is -3.89. The van der Waals surface area contributed by atoms with Crippen molar-refractivity contribution in [1.82, 2.24) is 4.90 Å². The molecule has 2 heterocycles. The van der Waals surface area contributed by atoms with E-state index in [1.807, 2.05) is 0 Å². The maximum Gasteiger partial charge on any atom is 0.238 e. The predicted molar refractivity (Wildman–Crippen MR) is 86.8 cm³/mol. The number of rotatable bonds is 2. The summed E-state index contributed by atoms with van der Waals surface area (Å²) in [5.74, 6) is 0.413. The summed E-state index contributed by atoms with van der Waals surface area (Å²) >= 11 is 0. The van der Waals surface area contributed by atoms with Gasteiger partial charge in [0.1, 0.15) is 17.5 Å². The lowest BCUT2D eigenvalue weighted by molar-refractivity contribution is -0.147. The average Bonchev–Trinajstić information content (AvgIpc) is 2.48. The third-order valence-electron chi connectivity index (χ3n) is 4.71. The van der Waals surface area contributed by atoms with Crippen molar-refractivity contribution in [2.45, 2.75) is 55.8 Å². The molecule has 2 aliphatic heterocycles. The molecule has 7 nitrogen and oxygen atoms in total. The first kappa shape index (κ1) is 17.2. The van der Waals surface area contributed by atoms with E-state index in [1.165, 1.54) is 18.2 Å². The lowest BCUT2D eigenvalue weighted by Gasteiger charge is -2.47. The highest BCUT2D eigenvalue weighted by Gasteiger charge is 2.47. The fourth-order valence-electron chi connectivity index (χ4n) is 3.38. The Kier molecular flexibility index (Phi) is 4.09. The van der Waals surface area contributed by atoms with Crippen LogP contribution >= 0.6 is 0 Å². The Hall–Kier alpha value is -1.64. The van der Waals surface area contributed by atoms with Gasteiger partial charge < -0.3 is 14.7 Å². The van der Waals surface area contributed by atoms with Gasteiger partial charge in [-0.15, -0.1) is 0 Å². The van der Waals surface area contributed by atoms with E-state index in [4.69, 9.17) is 9.88 Å².